The molecule has 0 fully saturated rings. The topological polar surface area (TPSA) is 58.2 Å². The Morgan fingerprint density at radius 2 is 1.76 bits per heavy atom. The Morgan fingerprint density at radius 3 is 2.38 bits per heavy atom. The van der Waals surface area contributed by atoms with Crippen LogP contribution in [0.3, 0.4) is 0 Å². The van der Waals surface area contributed by atoms with Gasteiger partial charge in [0.25, 0.3) is 10.0 Å². The number of rotatable bonds is 6. The molecule has 1 aromatic carbocycles. The van der Waals surface area contributed by atoms with Gasteiger partial charge >= 0.3 is 0 Å². The molecule has 0 amide bonds. The summed E-state index contributed by atoms with van der Waals surface area (Å²) in [5, 5.41) is 3.19. The Morgan fingerprint density at radius 1 is 1.10 bits per heavy atom. The second-order valence-electron chi connectivity index (χ2n) is 4.98. The molecular weight excluding hydrogens is 304 g/mol. The Bertz CT molecular complexity index is 701. The van der Waals surface area contributed by atoms with Crippen molar-refractivity contribution in [3.8, 4) is 0 Å². The van der Waals surface area contributed by atoms with Crippen molar-refractivity contribution in [3.63, 3.8) is 0 Å². The van der Waals surface area contributed by atoms with Gasteiger partial charge in [0.05, 0.1) is 0 Å². The van der Waals surface area contributed by atoms with E-state index in [1.807, 2.05) is 45.0 Å². The number of sulfonamides is 1. The van der Waals surface area contributed by atoms with Crippen molar-refractivity contribution in [2.75, 3.05) is 11.3 Å². The number of thiophene rings is 1. The molecule has 4 nitrogen and oxygen atoms in total. The summed E-state index contributed by atoms with van der Waals surface area (Å²) in [5.41, 5.74) is 2.67. The molecule has 2 N–H and O–H groups in total. The van der Waals surface area contributed by atoms with Gasteiger partial charge in [0.1, 0.15) is 4.21 Å². The molecular formula is C15H20N2O2S2. The van der Waals surface area contributed by atoms with Crippen LogP contribution in [0.2, 0.25) is 0 Å². The molecule has 1 heterocycles. The highest BCUT2D eigenvalue weighted by molar-refractivity contribution is 7.94. The van der Waals surface area contributed by atoms with E-state index >= 15 is 0 Å². The average Bonchev–Trinajstić information content (AvgIpc) is 2.84. The minimum absolute atomic E-state index is 0.342. The van der Waals surface area contributed by atoms with Gasteiger partial charge < -0.3 is 5.32 Å². The molecule has 114 valence electrons. The lowest BCUT2D eigenvalue weighted by Crippen LogP contribution is -2.12. The van der Waals surface area contributed by atoms with Crippen LogP contribution in [0.5, 0.6) is 0 Å². The van der Waals surface area contributed by atoms with E-state index in [1.165, 1.54) is 11.3 Å². The molecule has 0 bridgehead atoms. The van der Waals surface area contributed by atoms with Gasteiger partial charge in [0, 0.05) is 17.1 Å². The first-order valence-electron chi connectivity index (χ1n) is 6.81. The molecule has 0 aliphatic carbocycles. The fraction of sp³-hybridized carbons (Fsp3) is 0.333. The molecule has 0 atom stereocenters. The number of hydrogen-bond donors (Lipinski definition) is 2. The van der Waals surface area contributed by atoms with E-state index in [0.29, 0.717) is 16.4 Å². The summed E-state index contributed by atoms with van der Waals surface area (Å²) in [7, 11) is -3.51. The smallest absolute Gasteiger partial charge is 0.271 e. The first-order valence-corrected chi connectivity index (χ1v) is 9.11. The van der Waals surface area contributed by atoms with Crippen LogP contribution in [0.15, 0.2) is 34.5 Å². The zero-order chi connectivity index (χ0) is 15.5. The first kappa shape index (κ1) is 16.0. The molecule has 21 heavy (non-hydrogen) atoms. The van der Waals surface area contributed by atoms with E-state index in [-0.39, 0.29) is 0 Å². The lowest BCUT2D eigenvalue weighted by Gasteiger charge is -2.08. The van der Waals surface area contributed by atoms with Crippen LogP contribution in [-0.4, -0.2) is 15.0 Å². The summed E-state index contributed by atoms with van der Waals surface area (Å²) < 4.78 is 27.8. The van der Waals surface area contributed by atoms with Crippen LogP contribution in [0.4, 0.5) is 5.69 Å². The maximum Gasteiger partial charge on any atom is 0.271 e. The van der Waals surface area contributed by atoms with Gasteiger partial charge in [-0.1, -0.05) is 13.0 Å². The SMILES string of the molecule is CCNCc1ccc(S(=O)(=O)Nc2cc(C)cc(C)c2)s1. The quantitative estimate of drug-likeness (QED) is 0.857. The zero-order valence-electron chi connectivity index (χ0n) is 12.4. The molecule has 0 spiro atoms. The minimum Gasteiger partial charge on any atom is -0.312 e. The lowest BCUT2D eigenvalue weighted by molar-refractivity contribution is 0.603. The maximum atomic E-state index is 12.4. The fourth-order valence-corrected chi connectivity index (χ4v) is 4.45. The molecule has 6 heteroatoms. The van der Waals surface area contributed by atoms with Gasteiger partial charge in [-0.15, -0.1) is 11.3 Å². The largest absolute Gasteiger partial charge is 0.312 e. The average molecular weight is 324 g/mol. The van der Waals surface area contributed by atoms with E-state index < -0.39 is 10.0 Å². The van der Waals surface area contributed by atoms with Gasteiger partial charge in [0.2, 0.25) is 0 Å². The van der Waals surface area contributed by atoms with Crippen LogP contribution in [-0.2, 0) is 16.6 Å². The number of aryl methyl sites for hydroxylation is 2. The van der Waals surface area contributed by atoms with Gasteiger partial charge in [-0.2, -0.15) is 0 Å². The van der Waals surface area contributed by atoms with Crippen molar-refractivity contribution in [2.24, 2.45) is 0 Å². The predicted octanol–water partition coefficient (Wildman–Crippen LogP) is 3.28. The van der Waals surface area contributed by atoms with Crippen molar-refractivity contribution in [1.82, 2.24) is 5.32 Å². The van der Waals surface area contributed by atoms with Crippen molar-refractivity contribution in [3.05, 3.63) is 46.3 Å². The summed E-state index contributed by atoms with van der Waals surface area (Å²) in [6.07, 6.45) is 0. The van der Waals surface area contributed by atoms with Crippen molar-refractivity contribution >= 4 is 27.0 Å². The Labute approximate surface area is 130 Å². The normalized spacial score (nSPS) is 11.6. The number of hydrogen-bond acceptors (Lipinski definition) is 4. The third-order valence-electron chi connectivity index (χ3n) is 2.92. The second kappa shape index (κ2) is 6.60. The minimum atomic E-state index is -3.51. The van der Waals surface area contributed by atoms with Crippen molar-refractivity contribution in [1.29, 1.82) is 0 Å². The summed E-state index contributed by atoms with van der Waals surface area (Å²) in [5.74, 6) is 0. The fourth-order valence-electron chi connectivity index (χ4n) is 2.08. The highest BCUT2D eigenvalue weighted by atomic mass is 32.2. The number of anilines is 1. The molecule has 1 aromatic heterocycles. The van der Waals surface area contributed by atoms with Crippen LogP contribution in [0.1, 0.15) is 22.9 Å². The van der Waals surface area contributed by atoms with Gasteiger partial charge in [-0.25, -0.2) is 8.42 Å². The first-order chi connectivity index (χ1) is 9.90. The summed E-state index contributed by atoms with van der Waals surface area (Å²) in [6.45, 7) is 7.48. The van der Waals surface area contributed by atoms with E-state index in [2.05, 4.69) is 10.0 Å². The van der Waals surface area contributed by atoms with Gasteiger partial charge in [0.15, 0.2) is 0 Å². The molecule has 0 aliphatic rings. The Hall–Kier alpha value is -1.37. The Balaban J connectivity index is 2.19. The molecule has 2 rings (SSSR count). The van der Waals surface area contributed by atoms with E-state index in [4.69, 9.17) is 0 Å². The summed E-state index contributed by atoms with van der Waals surface area (Å²) >= 11 is 1.29. The summed E-state index contributed by atoms with van der Waals surface area (Å²) in [6, 6.07) is 9.18. The standard InChI is InChI=1S/C15H20N2O2S2/c1-4-16-10-14-5-6-15(20-14)21(18,19)17-13-8-11(2)7-12(3)9-13/h5-9,16-17H,4,10H2,1-3H3. The second-order valence-corrected chi connectivity index (χ2v) is 8.06. The third kappa shape index (κ3) is 4.30. The molecule has 0 saturated carbocycles. The van der Waals surface area contributed by atoms with E-state index in [9.17, 15) is 8.42 Å². The Kier molecular flexibility index (Phi) is 5.03. The van der Waals surface area contributed by atoms with Gasteiger partial charge in [-0.3, -0.25) is 4.72 Å². The molecule has 2 aromatic rings. The van der Waals surface area contributed by atoms with Crippen molar-refractivity contribution < 1.29 is 8.42 Å². The van der Waals surface area contributed by atoms with Crippen LogP contribution >= 0.6 is 11.3 Å². The van der Waals surface area contributed by atoms with Gasteiger partial charge in [-0.05, 0) is 55.8 Å². The van der Waals surface area contributed by atoms with Crippen LogP contribution < -0.4 is 10.0 Å². The van der Waals surface area contributed by atoms with E-state index in [0.717, 1.165) is 22.5 Å². The molecule has 0 saturated heterocycles. The molecule has 0 aliphatic heterocycles. The highest BCUT2D eigenvalue weighted by Gasteiger charge is 2.17. The van der Waals surface area contributed by atoms with Crippen LogP contribution in [0.25, 0.3) is 0 Å². The predicted molar refractivity (Wildman–Crippen MR) is 88.4 cm³/mol. The van der Waals surface area contributed by atoms with Crippen LogP contribution in [0, 0.1) is 13.8 Å². The molecule has 0 unspecified atom stereocenters. The van der Waals surface area contributed by atoms with Crippen molar-refractivity contribution in [2.45, 2.75) is 31.5 Å². The number of benzene rings is 1. The third-order valence-corrected chi connectivity index (χ3v) is 5.88. The zero-order valence-corrected chi connectivity index (χ0v) is 14.1. The van der Waals surface area contributed by atoms with E-state index in [1.54, 1.807) is 6.07 Å². The maximum absolute atomic E-state index is 12.4. The monoisotopic (exact) mass is 324 g/mol. The summed E-state index contributed by atoms with van der Waals surface area (Å²) in [4.78, 5) is 1.01. The number of nitrogens with one attached hydrogen (secondary N) is 2. The lowest BCUT2D eigenvalue weighted by atomic mass is 10.1. The highest BCUT2D eigenvalue weighted by Crippen LogP contribution is 2.25. The molecule has 0 radical (unpaired) electrons.